The molecule has 0 saturated carbocycles. The van der Waals surface area contributed by atoms with Gasteiger partial charge in [-0.15, -0.1) is 0 Å². The van der Waals surface area contributed by atoms with Crippen molar-refractivity contribution in [3.05, 3.63) is 59.7 Å². The number of hydrogen-bond acceptors (Lipinski definition) is 2. The Morgan fingerprint density at radius 3 is 2.43 bits per heavy atom. The standard InChI is InChI=1S/C19H24N2/c1-16-6-5-7-17(14-16)15-20-18-8-10-19(11-9-18)21-12-3-2-4-13-21/h5-11,14,20H,2-4,12-13,15H2,1H3. The highest BCUT2D eigenvalue weighted by Gasteiger charge is 2.10. The minimum absolute atomic E-state index is 0.880. The molecule has 0 bridgehead atoms. The number of benzene rings is 2. The summed E-state index contributed by atoms with van der Waals surface area (Å²) >= 11 is 0. The van der Waals surface area contributed by atoms with Gasteiger partial charge in [-0.1, -0.05) is 29.8 Å². The van der Waals surface area contributed by atoms with E-state index in [1.54, 1.807) is 0 Å². The lowest BCUT2D eigenvalue weighted by Gasteiger charge is -2.28. The molecule has 3 rings (SSSR count). The van der Waals surface area contributed by atoms with Crippen LogP contribution in [0.3, 0.4) is 0 Å². The molecule has 0 aromatic heterocycles. The van der Waals surface area contributed by atoms with Crippen LogP contribution in [-0.2, 0) is 6.54 Å². The molecule has 2 heteroatoms. The van der Waals surface area contributed by atoms with Gasteiger partial charge < -0.3 is 10.2 Å². The lowest BCUT2D eigenvalue weighted by molar-refractivity contribution is 0.578. The van der Waals surface area contributed by atoms with Crippen LogP contribution in [0.5, 0.6) is 0 Å². The van der Waals surface area contributed by atoms with Crippen LogP contribution in [0.1, 0.15) is 30.4 Å². The van der Waals surface area contributed by atoms with Gasteiger partial charge in [0.1, 0.15) is 0 Å². The van der Waals surface area contributed by atoms with Gasteiger partial charge in [0.2, 0.25) is 0 Å². The SMILES string of the molecule is Cc1cccc(CNc2ccc(N3CCCCC3)cc2)c1. The second-order valence-corrected chi connectivity index (χ2v) is 5.94. The normalized spacial score (nSPS) is 15.0. The Morgan fingerprint density at radius 1 is 0.952 bits per heavy atom. The van der Waals surface area contributed by atoms with E-state index < -0.39 is 0 Å². The van der Waals surface area contributed by atoms with E-state index in [1.165, 1.54) is 54.9 Å². The highest BCUT2D eigenvalue weighted by atomic mass is 15.1. The number of aryl methyl sites for hydroxylation is 1. The quantitative estimate of drug-likeness (QED) is 0.880. The first-order chi connectivity index (χ1) is 10.3. The highest BCUT2D eigenvalue weighted by Crippen LogP contribution is 2.22. The predicted octanol–water partition coefficient (Wildman–Crippen LogP) is 4.60. The van der Waals surface area contributed by atoms with Gasteiger partial charge in [-0.2, -0.15) is 0 Å². The number of hydrogen-bond donors (Lipinski definition) is 1. The Hall–Kier alpha value is -1.96. The maximum atomic E-state index is 3.50. The van der Waals surface area contributed by atoms with E-state index in [0.717, 1.165) is 6.54 Å². The van der Waals surface area contributed by atoms with E-state index in [9.17, 15) is 0 Å². The zero-order chi connectivity index (χ0) is 14.5. The minimum atomic E-state index is 0.880. The first kappa shape index (κ1) is 14.0. The van der Waals surface area contributed by atoms with Gasteiger partial charge in [-0.05, 0) is 56.0 Å². The third-order valence-electron chi connectivity index (χ3n) is 4.17. The second-order valence-electron chi connectivity index (χ2n) is 5.94. The molecule has 0 radical (unpaired) electrons. The summed E-state index contributed by atoms with van der Waals surface area (Å²) in [5, 5.41) is 3.50. The zero-order valence-electron chi connectivity index (χ0n) is 12.8. The number of piperidine rings is 1. The molecular weight excluding hydrogens is 256 g/mol. The van der Waals surface area contributed by atoms with Gasteiger partial charge in [0.05, 0.1) is 0 Å². The first-order valence-electron chi connectivity index (χ1n) is 7.96. The van der Waals surface area contributed by atoms with Crippen LogP contribution in [0, 0.1) is 6.92 Å². The predicted molar refractivity (Wildman–Crippen MR) is 91.0 cm³/mol. The summed E-state index contributed by atoms with van der Waals surface area (Å²) < 4.78 is 0. The molecule has 1 fully saturated rings. The van der Waals surface area contributed by atoms with Crippen molar-refractivity contribution in [3.8, 4) is 0 Å². The summed E-state index contributed by atoms with van der Waals surface area (Å²) in [5.41, 5.74) is 5.19. The molecule has 1 heterocycles. The number of nitrogens with zero attached hydrogens (tertiary/aromatic N) is 1. The Bertz CT molecular complexity index is 568. The third kappa shape index (κ3) is 3.78. The molecule has 1 saturated heterocycles. The zero-order valence-corrected chi connectivity index (χ0v) is 12.8. The molecule has 0 unspecified atom stereocenters. The Balaban J connectivity index is 1.59. The molecule has 110 valence electrons. The van der Waals surface area contributed by atoms with Gasteiger partial charge in [0.15, 0.2) is 0 Å². The first-order valence-corrected chi connectivity index (χ1v) is 7.96. The third-order valence-corrected chi connectivity index (χ3v) is 4.17. The largest absolute Gasteiger partial charge is 0.381 e. The number of nitrogens with one attached hydrogen (secondary N) is 1. The van der Waals surface area contributed by atoms with Crippen LogP contribution >= 0.6 is 0 Å². The van der Waals surface area contributed by atoms with Crippen LogP contribution in [0.25, 0.3) is 0 Å². The van der Waals surface area contributed by atoms with Crippen LogP contribution in [-0.4, -0.2) is 13.1 Å². The second kappa shape index (κ2) is 6.66. The van der Waals surface area contributed by atoms with Crippen molar-refractivity contribution in [2.24, 2.45) is 0 Å². The van der Waals surface area contributed by atoms with Gasteiger partial charge in [-0.25, -0.2) is 0 Å². The average molecular weight is 280 g/mol. The molecule has 0 aliphatic carbocycles. The van der Waals surface area contributed by atoms with Crippen LogP contribution in [0.4, 0.5) is 11.4 Å². The Kier molecular flexibility index (Phi) is 4.44. The fourth-order valence-corrected chi connectivity index (χ4v) is 2.97. The van der Waals surface area contributed by atoms with Crippen molar-refractivity contribution in [2.75, 3.05) is 23.3 Å². The monoisotopic (exact) mass is 280 g/mol. The summed E-state index contributed by atoms with van der Waals surface area (Å²) in [7, 11) is 0. The van der Waals surface area contributed by atoms with Crippen molar-refractivity contribution in [3.63, 3.8) is 0 Å². The van der Waals surface area contributed by atoms with Crippen molar-refractivity contribution in [1.29, 1.82) is 0 Å². The van der Waals surface area contributed by atoms with Crippen LogP contribution in [0.15, 0.2) is 48.5 Å². The van der Waals surface area contributed by atoms with Gasteiger partial charge in [-0.3, -0.25) is 0 Å². The minimum Gasteiger partial charge on any atom is -0.381 e. The lowest BCUT2D eigenvalue weighted by atomic mass is 10.1. The van der Waals surface area contributed by atoms with Crippen molar-refractivity contribution in [2.45, 2.75) is 32.7 Å². The van der Waals surface area contributed by atoms with Gasteiger partial charge in [0, 0.05) is 31.0 Å². The van der Waals surface area contributed by atoms with E-state index in [-0.39, 0.29) is 0 Å². The molecule has 0 spiro atoms. The molecule has 0 atom stereocenters. The molecule has 2 aromatic carbocycles. The Labute approximate surface area is 127 Å². The van der Waals surface area contributed by atoms with Crippen molar-refractivity contribution < 1.29 is 0 Å². The molecule has 1 aliphatic heterocycles. The van der Waals surface area contributed by atoms with Gasteiger partial charge >= 0.3 is 0 Å². The average Bonchev–Trinajstić information content (AvgIpc) is 2.54. The molecule has 2 aromatic rings. The number of anilines is 2. The fourth-order valence-electron chi connectivity index (χ4n) is 2.97. The number of rotatable bonds is 4. The van der Waals surface area contributed by atoms with E-state index in [1.807, 2.05) is 0 Å². The van der Waals surface area contributed by atoms with E-state index in [2.05, 4.69) is 65.7 Å². The molecule has 2 nitrogen and oxygen atoms in total. The van der Waals surface area contributed by atoms with Crippen LogP contribution in [0.2, 0.25) is 0 Å². The van der Waals surface area contributed by atoms with Crippen LogP contribution < -0.4 is 10.2 Å². The Morgan fingerprint density at radius 2 is 1.71 bits per heavy atom. The lowest BCUT2D eigenvalue weighted by Crippen LogP contribution is -2.29. The van der Waals surface area contributed by atoms with Crippen molar-refractivity contribution >= 4 is 11.4 Å². The topological polar surface area (TPSA) is 15.3 Å². The maximum absolute atomic E-state index is 3.50. The van der Waals surface area contributed by atoms with Gasteiger partial charge in [0.25, 0.3) is 0 Å². The van der Waals surface area contributed by atoms with Crippen molar-refractivity contribution in [1.82, 2.24) is 0 Å². The summed E-state index contributed by atoms with van der Waals surface area (Å²) in [5.74, 6) is 0. The summed E-state index contributed by atoms with van der Waals surface area (Å²) in [6, 6.07) is 17.5. The summed E-state index contributed by atoms with van der Waals surface area (Å²) in [6.45, 7) is 5.42. The molecular formula is C19H24N2. The summed E-state index contributed by atoms with van der Waals surface area (Å²) in [4.78, 5) is 2.49. The van der Waals surface area contributed by atoms with E-state index >= 15 is 0 Å². The highest BCUT2D eigenvalue weighted by molar-refractivity contribution is 5.55. The smallest absolute Gasteiger partial charge is 0.0400 e. The summed E-state index contributed by atoms with van der Waals surface area (Å²) in [6.07, 6.45) is 4.04. The molecule has 21 heavy (non-hydrogen) atoms. The molecule has 1 aliphatic rings. The molecule has 1 N–H and O–H groups in total. The van der Waals surface area contributed by atoms with E-state index in [0.29, 0.717) is 0 Å². The maximum Gasteiger partial charge on any atom is 0.0400 e. The van der Waals surface area contributed by atoms with E-state index in [4.69, 9.17) is 0 Å². The fraction of sp³-hybridized carbons (Fsp3) is 0.368. The molecule has 0 amide bonds.